The zero-order valence-corrected chi connectivity index (χ0v) is 17.7. The summed E-state index contributed by atoms with van der Waals surface area (Å²) in [6, 6.07) is 12.0. The molecule has 1 fully saturated rings. The molecule has 1 atom stereocenters. The zero-order valence-electron chi connectivity index (χ0n) is 16.9. The molecule has 2 heterocycles. The third kappa shape index (κ3) is 5.56. The molecule has 1 saturated heterocycles. The van der Waals surface area contributed by atoms with Gasteiger partial charge in [-0.25, -0.2) is 8.42 Å². The van der Waals surface area contributed by atoms with Crippen molar-refractivity contribution in [2.75, 3.05) is 18.1 Å². The number of ketones is 1. The van der Waals surface area contributed by atoms with Crippen molar-refractivity contribution in [1.82, 2.24) is 4.57 Å². The minimum Gasteiger partial charge on any atom is -0.457 e. The van der Waals surface area contributed by atoms with Gasteiger partial charge in [-0.15, -0.1) is 0 Å². The van der Waals surface area contributed by atoms with Crippen LogP contribution in [0.5, 0.6) is 0 Å². The molecule has 0 radical (unpaired) electrons. The molecule has 0 bridgehead atoms. The molecule has 0 N–H and O–H groups in total. The number of carbonyl (C=O) groups is 2. The van der Waals surface area contributed by atoms with Crippen LogP contribution in [0.1, 0.15) is 40.2 Å². The molecule has 0 amide bonds. The number of ether oxygens (including phenoxy) is 1. The molecular weight excluding hydrogens is 390 g/mol. The van der Waals surface area contributed by atoms with Crippen LogP contribution in [-0.2, 0) is 32.3 Å². The number of rotatable bonds is 8. The molecule has 156 valence electrons. The Labute approximate surface area is 171 Å². The van der Waals surface area contributed by atoms with Crippen LogP contribution in [0.25, 0.3) is 0 Å². The highest BCUT2D eigenvalue weighted by Gasteiger charge is 2.30. The summed E-state index contributed by atoms with van der Waals surface area (Å²) in [6.45, 7) is 4.31. The van der Waals surface area contributed by atoms with Gasteiger partial charge in [-0.3, -0.25) is 9.59 Å². The summed E-state index contributed by atoms with van der Waals surface area (Å²) in [5.41, 5.74) is 3.65. The van der Waals surface area contributed by atoms with Crippen molar-refractivity contribution in [2.45, 2.75) is 39.7 Å². The molecule has 2 aromatic rings. The summed E-state index contributed by atoms with van der Waals surface area (Å²) in [5.74, 6) is -0.808. The third-order valence-electron chi connectivity index (χ3n) is 5.49. The van der Waals surface area contributed by atoms with Gasteiger partial charge >= 0.3 is 5.97 Å². The summed E-state index contributed by atoms with van der Waals surface area (Å²) in [7, 11) is -3.03. The van der Waals surface area contributed by atoms with E-state index in [9.17, 15) is 18.0 Å². The molecule has 1 aliphatic heterocycles. The fourth-order valence-electron chi connectivity index (χ4n) is 3.86. The van der Waals surface area contributed by atoms with Crippen molar-refractivity contribution >= 4 is 21.6 Å². The molecule has 7 heteroatoms. The minimum atomic E-state index is -3.03. The smallest absolute Gasteiger partial charge is 0.306 e. The molecule has 0 spiro atoms. The fraction of sp³-hybridized carbons (Fsp3) is 0.455. The zero-order chi connectivity index (χ0) is 21.0. The lowest BCUT2D eigenvalue weighted by Crippen LogP contribution is -2.18. The molecule has 1 aliphatic rings. The van der Waals surface area contributed by atoms with E-state index in [1.807, 2.05) is 38.1 Å². The van der Waals surface area contributed by atoms with E-state index in [2.05, 4.69) is 16.7 Å². The number of Topliss-reactive ketones (excluding diaryl/α,β-unsaturated/α-hetero) is 1. The Hall–Kier alpha value is -2.41. The maximum absolute atomic E-state index is 12.6. The van der Waals surface area contributed by atoms with Gasteiger partial charge in [0.15, 0.2) is 16.4 Å². The van der Waals surface area contributed by atoms with E-state index in [4.69, 9.17) is 4.74 Å². The van der Waals surface area contributed by atoms with E-state index in [0.717, 1.165) is 24.4 Å². The van der Waals surface area contributed by atoms with E-state index in [-0.39, 0.29) is 36.2 Å². The summed E-state index contributed by atoms with van der Waals surface area (Å²) < 4.78 is 30.2. The average molecular weight is 418 g/mol. The van der Waals surface area contributed by atoms with Crippen LogP contribution in [0.2, 0.25) is 0 Å². The van der Waals surface area contributed by atoms with Crippen LogP contribution in [0.15, 0.2) is 36.4 Å². The number of hydrogen-bond acceptors (Lipinski definition) is 5. The maximum Gasteiger partial charge on any atom is 0.306 e. The Morgan fingerprint density at radius 1 is 1.17 bits per heavy atom. The number of sulfone groups is 1. The first-order valence-electron chi connectivity index (χ1n) is 9.85. The lowest BCUT2D eigenvalue weighted by Gasteiger charge is -2.10. The van der Waals surface area contributed by atoms with Crippen LogP contribution in [-0.4, -0.2) is 42.9 Å². The summed E-state index contributed by atoms with van der Waals surface area (Å²) in [4.78, 5) is 24.6. The van der Waals surface area contributed by atoms with E-state index in [1.165, 1.54) is 5.56 Å². The highest BCUT2D eigenvalue weighted by Crippen LogP contribution is 2.22. The second-order valence-corrected chi connectivity index (χ2v) is 9.96. The largest absolute Gasteiger partial charge is 0.457 e. The molecule has 1 aromatic carbocycles. The normalized spacial score (nSPS) is 17.9. The quantitative estimate of drug-likeness (QED) is 0.487. The highest BCUT2D eigenvalue weighted by molar-refractivity contribution is 7.91. The number of aryl methyl sites for hydroxylation is 2. The van der Waals surface area contributed by atoms with Crippen LogP contribution < -0.4 is 0 Å². The SMILES string of the molecule is Cc1cc(C(=O)COC(=O)C[C@H]2CCS(=O)(=O)C2)c(C)n1CCc1ccccc1. The Bertz CT molecular complexity index is 992. The van der Waals surface area contributed by atoms with Gasteiger partial charge in [0.1, 0.15) is 0 Å². The first-order valence-corrected chi connectivity index (χ1v) is 11.7. The number of benzene rings is 1. The van der Waals surface area contributed by atoms with Crippen LogP contribution in [0, 0.1) is 19.8 Å². The van der Waals surface area contributed by atoms with E-state index >= 15 is 0 Å². The maximum atomic E-state index is 12.6. The summed E-state index contributed by atoms with van der Waals surface area (Å²) in [5, 5.41) is 0. The molecule has 0 aliphatic carbocycles. The Kier molecular flexibility index (Phi) is 6.57. The first kappa shape index (κ1) is 21.3. The topological polar surface area (TPSA) is 82.4 Å². The van der Waals surface area contributed by atoms with Gasteiger partial charge in [0.05, 0.1) is 11.5 Å². The lowest BCUT2D eigenvalue weighted by molar-refractivity contribution is -0.143. The number of carbonyl (C=O) groups excluding carboxylic acids is 2. The van der Waals surface area contributed by atoms with Crippen molar-refractivity contribution in [3.05, 3.63) is 58.9 Å². The van der Waals surface area contributed by atoms with Gasteiger partial charge in [0.2, 0.25) is 5.78 Å². The minimum absolute atomic E-state index is 0.0264. The van der Waals surface area contributed by atoms with Gasteiger partial charge in [0.25, 0.3) is 0 Å². The Morgan fingerprint density at radius 3 is 2.55 bits per heavy atom. The van der Waals surface area contributed by atoms with Crippen molar-refractivity contribution < 1.29 is 22.7 Å². The molecule has 29 heavy (non-hydrogen) atoms. The van der Waals surface area contributed by atoms with Crippen LogP contribution in [0.4, 0.5) is 0 Å². The number of hydrogen-bond donors (Lipinski definition) is 0. The number of esters is 1. The second kappa shape index (κ2) is 8.95. The first-order chi connectivity index (χ1) is 13.7. The fourth-order valence-corrected chi connectivity index (χ4v) is 5.73. The monoisotopic (exact) mass is 417 g/mol. The van der Waals surface area contributed by atoms with Crippen molar-refractivity contribution in [1.29, 1.82) is 0 Å². The molecule has 0 saturated carbocycles. The van der Waals surface area contributed by atoms with Gasteiger partial charge in [-0.05, 0) is 44.2 Å². The predicted molar refractivity (Wildman–Crippen MR) is 111 cm³/mol. The van der Waals surface area contributed by atoms with Gasteiger partial charge in [0, 0.05) is 29.9 Å². The molecule has 0 unspecified atom stereocenters. The summed E-state index contributed by atoms with van der Waals surface area (Å²) in [6.07, 6.45) is 1.39. The summed E-state index contributed by atoms with van der Waals surface area (Å²) >= 11 is 0. The van der Waals surface area contributed by atoms with Crippen molar-refractivity contribution in [3.8, 4) is 0 Å². The number of nitrogens with zero attached hydrogens (tertiary/aromatic N) is 1. The standard InChI is InChI=1S/C22H27NO5S/c1-16-12-20(17(2)23(16)10-8-18-6-4-3-5-7-18)21(24)14-28-22(25)13-19-9-11-29(26,27)15-19/h3-7,12,19H,8-11,13-15H2,1-2H3/t19-/m1/s1. The van der Waals surface area contributed by atoms with Crippen LogP contribution in [0.3, 0.4) is 0 Å². The highest BCUT2D eigenvalue weighted by atomic mass is 32.2. The lowest BCUT2D eigenvalue weighted by atomic mass is 10.1. The molecule has 6 nitrogen and oxygen atoms in total. The van der Waals surface area contributed by atoms with Crippen molar-refractivity contribution in [2.24, 2.45) is 5.92 Å². The van der Waals surface area contributed by atoms with E-state index in [1.54, 1.807) is 0 Å². The van der Waals surface area contributed by atoms with E-state index < -0.39 is 15.8 Å². The van der Waals surface area contributed by atoms with E-state index in [0.29, 0.717) is 12.0 Å². The molecule has 3 rings (SSSR count). The van der Waals surface area contributed by atoms with Crippen molar-refractivity contribution in [3.63, 3.8) is 0 Å². The third-order valence-corrected chi connectivity index (χ3v) is 7.32. The number of aromatic nitrogens is 1. The predicted octanol–water partition coefficient (Wildman–Crippen LogP) is 2.90. The van der Waals surface area contributed by atoms with Crippen LogP contribution >= 0.6 is 0 Å². The van der Waals surface area contributed by atoms with Gasteiger partial charge in [-0.2, -0.15) is 0 Å². The average Bonchev–Trinajstić information content (AvgIpc) is 3.17. The van der Waals surface area contributed by atoms with Gasteiger partial charge in [-0.1, -0.05) is 30.3 Å². The molecule has 1 aromatic heterocycles. The van der Waals surface area contributed by atoms with Gasteiger partial charge < -0.3 is 9.30 Å². The Balaban J connectivity index is 1.54. The second-order valence-electron chi connectivity index (χ2n) is 7.73. The molecular formula is C22H27NO5S. The Morgan fingerprint density at radius 2 is 1.90 bits per heavy atom.